The number of carbonyl (C=O) groups excluding carboxylic acids is 2. The van der Waals surface area contributed by atoms with Crippen LogP contribution in [0.1, 0.15) is 45.6 Å². The van der Waals surface area contributed by atoms with E-state index in [-0.39, 0.29) is 18.7 Å². The highest BCUT2D eigenvalue weighted by molar-refractivity contribution is 5.86. The molecule has 2 atom stereocenters. The summed E-state index contributed by atoms with van der Waals surface area (Å²) < 4.78 is 16.9. The van der Waals surface area contributed by atoms with Crippen molar-refractivity contribution < 1.29 is 23.8 Å². The van der Waals surface area contributed by atoms with Crippen molar-refractivity contribution in [2.24, 2.45) is 0 Å². The number of benzene rings is 1. The maximum absolute atomic E-state index is 13.1. The monoisotopic (exact) mass is 361 g/mol. The number of likely N-dealkylation sites (tertiary alicyclic amines) is 1. The van der Waals surface area contributed by atoms with Crippen molar-refractivity contribution >= 4 is 12.1 Å². The summed E-state index contributed by atoms with van der Waals surface area (Å²) in [6.45, 7) is 6.52. The lowest BCUT2D eigenvalue weighted by molar-refractivity contribution is -0.177. The van der Waals surface area contributed by atoms with Crippen LogP contribution < -0.4 is 0 Å². The van der Waals surface area contributed by atoms with Gasteiger partial charge in [0.1, 0.15) is 17.7 Å². The highest BCUT2D eigenvalue weighted by atomic mass is 16.6. The van der Waals surface area contributed by atoms with Gasteiger partial charge in [0.15, 0.2) is 0 Å². The van der Waals surface area contributed by atoms with Crippen LogP contribution in [0.15, 0.2) is 30.3 Å². The molecule has 2 heterocycles. The molecule has 0 saturated carbocycles. The third kappa shape index (κ3) is 4.01. The maximum Gasteiger partial charge on any atom is 0.411 e. The summed E-state index contributed by atoms with van der Waals surface area (Å²) in [6, 6.07) is 9.53. The Morgan fingerprint density at radius 2 is 2.00 bits per heavy atom. The Balaban J connectivity index is 1.78. The Kier molecular flexibility index (Phi) is 5.23. The van der Waals surface area contributed by atoms with E-state index >= 15 is 0 Å². The van der Waals surface area contributed by atoms with Gasteiger partial charge in [-0.15, -0.1) is 0 Å². The summed E-state index contributed by atoms with van der Waals surface area (Å²) in [6.07, 6.45) is 1.10. The van der Waals surface area contributed by atoms with E-state index in [9.17, 15) is 9.59 Å². The minimum absolute atomic E-state index is 0.0216. The number of hydrogen-bond acceptors (Lipinski definition) is 5. The molecule has 0 radical (unpaired) electrons. The van der Waals surface area contributed by atoms with Crippen molar-refractivity contribution in [2.75, 3.05) is 13.2 Å². The molecular formula is C20H27NO5. The first kappa shape index (κ1) is 18.7. The third-order valence-corrected chi connectivity index (χ3v) is 4.83. The van der Waals surface area contributed by atoms with Crippen LogP contribution in [0.4, 0.5) is 4.79 Å². The molecule has 0 N–H and O–H groups in total. The molecule has 2 aliphatic heterocycles. The fourth-order valence-corrected chi connectivity index (χ4v) is 3.59. The number of fused-ring (bicyclic) bond motifs is 2. The Hall–Kier alpha value is -2.08. The number of rotatable bonds is 3. The Morgan fingerprint density at radius 3 is 2.69 bits per heavy atom. The van der Waals surface area contributed by atoms with Crippen LogP contribution in [-0.2, 0) is 25.6 Å². The Morgan fingerprint density at radius 1 is 1.27 bits per heavy atom. The van der Waals surface area contributed by atoms with Gasteiger partial charge in [0, 0.05) is 26.0 Å². The zero-order valence-corrected chi connectivity index (χ0v) is 15.7. The van der Waals surface area contributed by atoms with Crippen molar-refractivity contribution in [3.05, 3.63) is 35.9 Å². The third-order valence-electron chi connectivity index (χ3n) is 4.83. The first-order chi connectivity index (χ1) is 12.3. The molecule has 2 saturated heterocycles. The molecule has 6 nitrogen and oxygen atoms in total. The predicted molar refractivity (Wildman–Crippen MR) is 95.5 cm³/mol. The zero-order valence-electron chi connectivity index (χ0n) is 15.7. The van der Waals surface area contributed by atoms with Crippen LogP contribution in [0.3, 0.4) is 0 Å². The summed E-state index contributed by atoms with van der Waals surface area (Å²) in [5.41, 5.74) is -0.701. The standard InChI is InChI=1S/C20H27NO5/c1-19(2,3)26-18(23)21-11-9-16-13-20(21,10-12-24-16)17(22)25-14-15-7-5-4-6-8-15/h4-8,16H,9-14H2,1-3H3. The summed E-state index contributed by atoms with van der Waals surface area (Å²) in [7, 11) is 0. The lowest BCUT2D eigenvalue weighted by Gasteiger charge is -2.50. The number of piperidine rings is 1. The lowest BCUT2D eigenvalue weighted by atomic mass is 9.80. The minimum atomic E-state index is -1.00. The van der Waals surface area contributed by atoms with Gasteiger partial charge in [0.05, 0.1) is 6.10 Å². The summed E-state index contributed by atoms with van der Waals surface area (Å²) in [5, 5.41) is 0. The summed E-state index contributed by atoms with van der Waals surface area (Å²) in [4.78, 5) is 27.4. The van der Waals surface area contributed by atoms with Crippen molar-refractivity contribution in [1.82, 2.24) is 4.90 Å². The van der Waals surface area contributed by atoms with Gasteiger partial charge >= 0.3 is 12.1 Å². The predicted octanol–water partition coefficient (Wildman–Crippen LogP) is 3.29. The SMILES string of the molecule is CC(C)(C)OC(=O)N1CCC2CC1(C(=O)OCc1ccccc1)CCO2. The number of nitrogens with zero attached hydrogens (tertiary/aromatic N) is 1. The van der Waals surface area contributed by atoms with Crippen molar-refractivity contribution in [1.29, 1.82) is 0 Å². The highest BCUT2D eigenvalue weighted by Crippen LogP contribution is 2.39. The van der Waals surface area contributed by atoms with E-state index in [0.717, 1.165) is 5.56 Å². The van der Waals surface area contributed by atoms with E-state index < -0.39 is 17.2 Å². The van der Waals surface area contributed by atoms with Gasteiger partial charge in [-0.1, -0.05) is 30.3 Å². The van der Waals surface area contributed by atoms with Crippen LogP contribution >= 0.6 is 0 Å². The molecule has 1 aromatic rings. The molecule has 1 amide bonds. The smallest absolute Gasteiger partial charge is 0.411 e. The molecule has 0 spiro atoms. The fraction of sp³-hybridized carbons (Fsp3) is 0.600. The maximum atomic E-state index is 13.1. The first-order valence-corrected chi connectivity index (χ1v) is 9.13. The Labute approximate surface area is 154 Å². The van der Waals surface area contributed by atoms with Crippen molar-refractivity contribution in [2.45, 2.75) is 63.9 Å². The first-order valence-electron chi connectivity index (χ1n) is 9.13. The van der Waals surface area contributed by atoms with Crippen LogP contribution in [0.2, 0.25) is 0 Å². The Bertz CT molecular complexity index is 654. The molecule has 142 valence electrons. The largest absolute Gasteiger partial charge is 0.459 e. The topological polar surface area (TPSA) is 65.1 Å². The van der Waals surface area contributed by atoms with E-state index in [2.05, 4.69) is 0 Å². The summed E-state index contributed by atoms with van der Waals surface area (Å²) >= 11 is 0. The summed E-state index contributed by atoms with van der Waals surface area (Å²) in [5.74, 6) is -0.375. The van der Waals surface area contributed by atoms with Gasteiger partial charge in [0.2, 0.25) is 0 Å². The number of hydrogen-bond donors (Lipinski definition) is 0. The molecular weight excluding hydrogens is 334 g/mol. The van der Waals surface area contributed by atoms with Crippen molar-refractivity contribution in [3.8, 4) is 0 Å². The quantitative estimate of drug-likeness (QED) is 0.773. The fourth-order valence-electron chi connectivity index (χ4n) is 3.59. The second-order valence-electron chi connectivity index (χ2n) is 7.96. The van der Waals surface area contributed by atoms with Gasteiger partial charge in [-0.05, 0) is 32.8 Å². The van der Waals surface area contributed by atoms with Gasteiger partial charge < -0.3 is 14.2 Å². The van der Waals surface area contributed by atoms with Crippen LogP contribution in [0, 0.1) is 0 Å². The van der Waals surface area contributed by atoms with E-state index in [1.165, 1.54) is 0 Å². The number of esters is 1. The van der Waals surface area contributed by atoms with Gasteiger partial charge in [0.25, 0.3) is 0 Å². The zero-order chi connectivity index (χ0) is 18.8. The molecule has 3 rings (SSSR count). The lowest BCUT2D eigenvalue weighted by Crippen LogP contribution is -2.65. The normalized spacial score (nSPS) is 25.5. The van der Waals surface area contributed by atoms with Crippen LogP contribution in [0.25, 0.3) is 0 Å². The molecule has 0 aliphatic carbocycles. The average molecular weight is 361 g/mol. The number of carbonyl (C=O) groups is 2. The molecule has 0 aromatic heterocycles. The molecule has 1 aromatic carbocycles. The number of amides is 1. The van der Waals surface area contributed by atoms with Crippen LogP contribution in [-0.4, -0.2) is 47.4 Å². The van der Waals surface area contributed by atoms with Crippen LogP contribution in [0.5, 0.6) is 0 Å². The molecule has 26 heavy (non-hydrogen) atoms. The van der Waals surface area contributed by atoms with E-state index in [4.69, 9.17) is 14.2 Å². The number of ether oxygens (including phenoxy) is 3. The second-order valence-corrected chi connectivity index (χ2v) is 7.96. The van der Waals surface area contributed by atoms with E-state index in [1.54, 1.807) is 4.90 Å². The highest BCUT2D eigenvalue weighted by Gasteiger charge is 2.54. The van der Waals surface area contributed by atoms with Crippen molar-refractivity contribution in [3.63, 3.8) is 0 Å². The molecule has 2 fully saturated rings. The van der Waals surface area contributed by atoms with E-state index in [1.807, 2.05) is 51.1 Å². The van der Waals surface area contributed by atoms with Gasteiger partial charge in [-0.2, -0.15) is 0 Å². The minimum Gasteiger partial charge on any atom is -0.459 e. The molecule has 2 bridgehead atoms. The molecule has 6 heteroatoms. The molecule has 2 unspecified atom stereocenters. The van der Waals surface area contributed by atoms with Gasteiger partial charge in [-0.3, -0.25) is 4.90 Å². The second kappa shape index (κ2) is 7.27. The van der Waals surface area contributed by atoms with E-state index in [0.29, 0.717) is 32.4 Å². The average Bonchev–Trinajstić information content (AvgIpc) is 2.59. The molecule has 2 aliphatic rings. The van der Waals surface area contributed by atoms with Gasteiger partial charge in [-0.25, -0.2) is 9.59 Å².